The highest BCUT2D eigenvalue weighted by atomic mass is 79.9. The van der Waals surface area contributed by atoms with Crippen LogP contribution in [0.1, 0.15) is 37.1 Å². The summed E-state index contributed by atoms with van der Waals surface area (Å²) in [5.74, 6) is 0. The molecule has 1 aliphatic rings. The van der Waals surface area contributed by atoms with E-state index in [0.29, 0.717) is 12.1 Å². The Morgan fingerprint density at radius 3 is 3.21 bits per heavy atom. The summed E-state index contributed by atoms with van der Waals surface area (Å²) in [4.78, 5) is 1.37. The normalized spacial score (nSPS) is 20.8. The van der Waals surface area contributed by atoms with E-state index in [2.05, 4.69) is 39.6 Å². The van der Waals surface area contributed by atoms with Crippen LogP contribution in [0.2, 0.25) is 0 Å². The molecule has 0 bridgehead atoms. The van der Waals surface area contributed by atoms with Crippen LogP contribution in [0.15, 0.2) is 15.9 Å². The van der Waals surface area contributed by atoms with Crippen molar-refractivity contribution in [3.8, 4) is 0 Å². The molecule has 108 valence electrons. The lowest BCUT2D eigenvalue weighted by Gasteiger charge is -2.13. The van der Waals surface area contributed by atoms with Gasteiger partial charge in [-0.25, -0.2) is 0 Å². The van der Waals surface area contributed by atoms with Gasteiger partial charge in [0.05, 0.1) is 12.7 Å². The third kappa shape index (κ3) is 5.52. The van der Waals surface area contributed by atoms with Gasteiger partial charge in [0.15, 0.2) is 0 Å². The van der Waals surface area contributed by atoms with E-state index >= 15 is 0 Å². The number of rotatable bonds is 8. The van der Waals surface area contributed by atoms with Crippen molar-refractivity contribution in [3.63, 3.8) is 0 Å². The van der Waals surface area contributed by atoms with Gasteiger partial charge in [-0.1, -0.05) is 0 Å². The molecule has 2 unspecified atom stereocenters. The number of hydrogen-bond acceptors (Lipinski definition) is 4. The predicted octanol–water partition coefficient (Wildman–Crippen LogP) is 3.75. The molecule has 1 fully saturated rings. The molecular formula is C14H22BrNO2S. The highest BCUT2D eigenvalue weighted by molar-refractivity contribution is 9.10. The van der Waals surface area contributed by atoms with Gasteiger partial charge in [0.2, 0.25) is 0 Å². The first-order chi connectivity index (χ1) is 9.25. The molecule has 0 saturated carbocycles. The second-order valence-electron chi connectivity index (χ2n) is 4.91. The number of ether oxygens (including phenoxy) is 2. The van der Waals surface area contributed by atoms with Crippen molar-refractivity contribution in [2.75, 3.05) is 26.4 Å². The minimum absolute atomic E-state index is 0.343. The Bertz CT molecular complexity index is 366. The number of hydrogen-bond donors (Lipinski definition) is 1. The summed E-state index contributed by atoms with van der Waals surface area (Å²) in [6.45, 7) is 5.66. The average molecular weight is 348 g/mol. The molecular weight excluding hydrogens is 326 g/mol. The Hall–Kier alpha value is 0.0600. The summed E-state index contributed by atoms with van der Waals surface area (Å²) >= 11 is 5.27. The van der Waals surface area contributed by atoms with Gasteiger partial charge in [-0.3, -0.25) is 0 Å². The summed E-state index contributed by atoms with van der Waals surface area (Å²) < 4.78 is 12.3. The zero-order chi connectivity index (χ0) is 13.5. The second-order valence-corrected chi connectivity index (χ2v) is 6.77. The second kappa shape index (κ2) is 8.37. The summed E-state index contributed by atoms with van der Waals surface area (Å²) in [6, 6.07) is 2.59. The minimum Gasteiger partial charge on any atom is -0.379 e. The SMILES string of the molecule is CC(NCCCOCC1CCCO1)c1cc(Br)cs1. The van der Waals surface area contributed by atoms with Crippen molar-refractivity contribution < 1.29 is 9.47 Å². The molecule has 0 aromatic carbocycles. The quantitative estimate of drug-likeness (QED) is 0.726. The highest BCUT2D eigenvalue weighted by Crippen LogP contribution is 2.25. The van der Waals surface area contributed by atoms with Gasteiger partial charge in [0, 0.05) is 34.0 Å². The molecule has 1 saturated heterocycles. The summed E-state index contributed by atoms with van der Waals surface area (Å²) in [7, 11) is 0. The molecule has 1 N–H and O–H groups in total. The van der Waals surface area contributed by atoms with Crippen LogP contribution in [0.3, 0.4) is 0 Å². The number of thiophene rings is 1. The van der Waals surface area contributed by atoms with E-state index in [0.717, 1.165) is 39.2 Å². The van der Waals surface area contributed by atoms with Crippen LogP contribution in [0.5, 0.6) is 0 Å². The summed E-state index contributed by atoms with van der Waals surface area (Å²) in [5.41, 5.74) is 0. The van der Waals surface area contributed by atoms with Gasteiger partial charge >= 0.3 is 0 Å². The van der Waals surface area contributed by atoms with Gasteiger partial charge in [-0.2, -0.15) is 0 Å². The van der Waals surface area contributed by atoms with Gasteiger partial charge in [-0.05, 0) is 54.7 Å². The van der Waals surface area contributed by atoms with Crippen LogP contribution in [0.4, 0.5) is 0 Å². The lowest BCUT2D eigenvalue weighted by atomic mass is 10.2. The van der Waals surface area contributed by atoms with Crippen molar-refractivity contribution in [2.24, 2.45) is 0 Å². The van der Waals surface area contributed by atoms with Crippen molar-refractivity contribution >= 4 is 27.3 Å². The van der Waals surface area contributed by atoms with E-state index < -0.39 is 0 Å². The maximum absolute atomic E-state index is 5.64. The van der Waals surface area contributed by atoms with Gasteiger partial charge < -0.3 is 14.8 Å². The number of nitrogens with one attached hydrogen (secondary N) is 1. The molecule has 5 heteroatoms. The number of halogens is 1. The Morgan fingerprint density at radius 2 is 2.53 bits per heavy atom. The van der Waals surface area contributed by atoms with E-state index in [-0.39, 0.29) is 0 Å². The molecule has 1 aromatic heterocycles. The molecule has 0 amide bonds. The average Bonchev–Trinajstić information content (AvgIpc) is 3.04. The van der Waals surface area contributed by atoms with Gasteiger partial charge in [0.25, 0.3) is 0 Å². The summed E-state index contributed by atoms with van der Waals surface area (Å²) in [6.07, 6.45) is 3.73. The minimum atomic E-state index is 0.343. The Balaban J connectivity index is 1.49. The molecule has 2 atom stereocenters. The van der Waals surface area contributed by atoms with Crippen molar-refractivity contribution in [3.05, 3.63) is 20.8 Å². The monoisotopic (exact) mass is 347 g/mol. The molecule has 0 aliphatic carbocycles. The van der Waals surface area contributed by atoms with E-state index in [1.54, 1.807) is 11.3 Å². The van der Waals surface area contributed by atoms with E-state index in [1.807, 2.05) is 0 Å². The fourth-order valence-electron chi connectivity index (χ4n) is 2.14. The molecule has 2 rings (SSSR count). The molecule has 0 spiro atoms. The third-order valence-electron chi connectivity index (χ3n) is 3.26. The summed E-state index contributed by atoms with van der Waals surface area (Å²) in [5, 5.41) is 5.64. The maximum atomic E-state index is 5.64. The first-order valence-corrected chi connectivity index (χ1v) is 8.59. The van der Waals surface area contributed by atoms with Crippen LogP contribution >= 0.6 is 27.3 Å². The van der Waals surface area contributed by atoms with Crippen LogP contribution < -0.4 is 5.32 Å². The largest absolute Gasteiger partial charge is 0.379 e. The third-order valence-corrected chi connectivity index (χ3v) is 5.13. The Kier molecular flexibility index (Phi) is 6.81. The van der Waals surface area contributed by atoms with Crippen LogP contribution in [-0.2, 0) is 9.47 Å². The molecule has 1 aromatic rings. The standard InChI is InChI=1S/C14H22BrNO2S/c1-11(14-8-12(15)10-19-14)16-5-3-6-17-9-13-4-2-7-18-13/h8,10-11,13,16H,2-7,9H2,1H3. The molecule has 2 heterocycles. The first-order valence-electron chi connectivity index (χ1n) is 6.92. The van der Waals surface area contributed by atoms with E-state index in [4.69, 9.17) is 9.47 Å². The van der Waals surface area contributed by atoms with E-state index in [1.165, 1.54) is 15.8 Å². The Morgan fingerprint density at radius 1 is 1.63 bits per heavy atom. The van der Waals surface area contributed by atoms with Crippen molar-refractivity contribution in [2.45, 2.75) is 38.3 Å². The van der Waals surface area contributed by atoms with Crippen LogP contribution in [0, 0.1) is 0 Å². The van der Waals surface area contributed by atoms with Crippen molar-refractivity contribution in [1.29, 1.82) is 0 Å². The van der Waals surface area contributed by atoms with Crippen molar-refractivity contribution in [1.82, 2.24) is 5.32 Å². The molecule has 19 heavy (non-hydrogen) atoms. The lowest BCUT2D eigenvalue weighted by Crippen LogP contribution is -2.21. The Labute approximate surface area is 127 Å². The molecule has 0 radical (unpaired) electrons. The smallest absolute Gasteiger partial charge is 0.0809 e. The van der Waals surface area contributed by atoms with Gasteiger partial charge in [-0.15, -0.1) is 11.3 Å². The topological polar surface area (TPSA) is 30.5 Å². The zero-order valence-corrected chi connectivity index (χ0v) is 13.8. The highest BCUT2D eigenvalue weighted by Gasteiger charge is 2.14. The maximum Gasteiger partial charge on any atom is 0.0809 e. The molecule has 3 nitrogen and oxygen atoms in total. The lowest BCUT2D eigenvalue weighted by molar-refractivity contribution is 0.0165. The predicted molar refractivity (Wildman–Crippen MR) is 82.8 cm³/mol. The zero-order valence-electron chi connectivity index (χ0n) is 11.4. The fourth-order valence-corrected chi connectivity index (χ4v) is 3.62. The first kappa shape index (κ1) is 15.4. The van der Waals surface area contributed by atoms with Crippen LogP contribution in [-0.4, -0.2) is 32.5 Å². The van der Waals surface area contributed by atoms with E-state index in [9.17, 15) is 0 Å². The molecule has 1 aliphatic heterocycles. The fraction of sp³-hybridized carbons (Fsp3) is 0.714. The van der Waals surface area contributed by atoms with Crippen LogP contribution in [0.25, 0.3) is 0 Å². The van der Waals surface area contributed by atoms with Gasteiger partial charge in [0.1, 0.15) is 0 Å².